The summed E-state index contributed by atoms with van der Waals surface area (Å²) >= 11 is 10.3. The van der Waals surface area contributed by atoms with Crippen molar-refractivity contribution in [3.8, 4) is 0 Å². The summed E-state index contributed by atoms with van der Waals surface area (Å²) in [6.45, 7) is 0. The van der Waals surface area contributed by atoms with Crippen LogP contribution in [0.25, 0.3) is 0 Å². The first-order chi connectivity index (χ1) is 5.54. The van der Waals surface area contributed by atoms with Crippen molar-refractivity contribution in [2.75, 3.05) is 0 Å². The van der Waals surface area contributed by atoms with Crippen LogP contribution in [0.3, 0.4) is 0 Å². The monoisotopic (exact) mass is 367 g/mol. The molecule has 0 unspecified atom stereocenters. The number of nitrogens with zero attached hydrogens (tertiary/aromatic N) is 1. The van der Waals surface area contributed by atoms with E-state index in [4.69, 9.17) is 11.6 Å². The second kappa shape index (κ2) is 4.15. The van der Waals surface area contributed by atoms with E-state index in [0.717, 1.165) is 0 Å². The van der Waals surface area contributed by atoms with Gasteiger partial charge in [0, 0.05) is 6.20 Å². The quantitative estimate of drug-likeness (QED) is 0.539. The molecule has 0 atom stereocenters. The third-order valence-electron chi connectivity index (χ3n) is 1.18. The average molecular weight is 368 g/mol. The Hall–Kier alpha value is 0.510. The molecule has 1 heterocycles. The maximum absolute atomic E-state index is 12.3. The van der Waals surface area contributed by atoms with Gasteiger partial charge in [-0.1, -0.05) is 11.6 Å². The number of rotatable bonds is 1. The van der Waals surface area contributed by atoms with E-state index in [1.807, 2.05) is 0 Å². The van der Waals surface area contributed by atoms with Crippen LogP contribution in [0.4, 0.5) is 8.78 Å². The van der Waals surface area contributed by atoms with Crippen molar-refractivity contribution in [1.29, 1.82) is 0 Å². The number of aromatic nitrogens is 1. The van der Waals surface area contributed by atoms with Gasteiger partial charge < -0.3 is 0 Å². The summed E-state index contributed by atoms with van der Waals surface area (Å²) < 4.78 is 25.4. The highest BCUT2D eigenvalue weighted by atomic mass is 127. The van der Waals surface area contributed by atoms with Gasteiger partial charge in [-0.05, 0) is 38.5 Å². The molecule has 12 heavy (non-hydrogen) atoms. The van der Waals surface area contributed by atoms with Crippen molar-refractivity contribution in [3.05, 3.63) is 25.0 Å². The van der Waals surface area contributed by atoms with Gasteiger partial charge in [-0.25, -0.2) is 13.8 Å². The van der Waals surface area contributed by atoms with E-state index in [0.29, 0.717) is 8.17 Å². The standard InChI is InChI=1S/C6H2BrClF2IN/c7-5-4(11)3(6(9)10)2(8)1-12-5/h1,6H. The molecular formula is C6H2BrClF2IN. The first kappa shape index (κ1) is 10.6. The van der Waals surface area contributed by atoms with Crippen LogP contribution in [0.1, 0.15) is 12.0 Å². The zero-order valence-electron chi connectivity index (χ0n) is 5.49. The average Bonchev–Trinajstić information content (AvgIpc) is 1.97. The fraction of sp³-hybridized carbons (Fsp3) is 0.167. The van der Waals surface area contributed by atoms with Crippen molar-refractivity contribution in [1.82, 2.24) is 4.98 Å². The molecule has 0 bridgehead atoms. The summed E-state index contributed by atoms with van der Waals surface area (Å²) in [5.41, 5.74) is -0.167. The Morgan fingerprint density at radius 3 is 2.58 bits per heavy atom. The SMILES string of the molecule is FC(F)c1c(Cl)cnc(Br)c1I. The van der Waals surface area contributed by atoms with Gasteiger partial charge in [0.2, 0.25) is 0 Å². The van der Waals surface area contributed by atoms with Crippen LogP contribution < -0.4 is 0 Å². The van der Waals surface area contributed by atoms with E-state index < -0.39 is 6.43 Å². The van der Waals surface area contributed by atoms with Crippen LogP contribution >= 0.6 is 50.1 Å². The molecule has 0 saturated heterocycles. The first-order valence-electron chi connectivity index (χ1n) is 2.81. The largest absolute Gasteiger partial charge is 0.266 e. The minimum absolute atomic E-state index is 0.00222. The Kier molecular flexibility index (Phi) is 3.66. The van der Waals surface area contributed by atoms with Crippen molar-refractivity contribution in [3.63, 3.8) is 0 Å². The predicted octanol–water partition coefficient (Wildman–Crippen LogP) is 4.04. The Morgan fingerprint density at radius 2 is 2.17 bits per heavy atom. The summed E-state index contributed by atoms with van der Waals surface area (Å²) in [6.07, 6.45) is -1.36. The van der Waals surface area contributed by atoms with Crippen LogP contribution in [0, 0.1) is 3.57 Å². The topological polar surface area (TPSA) is 12.9 Å². The van der Waals surface area contributed by atoms with E-state index in [9.17, 15) is 8.78 Å². The third kappa shape index (κ3) is 2.05. The summed E-state index contributed by atoms with van der Waals surface area (Å²) in [7, 11) is 0. The van der Waals surface area contributed by atoms with Crippen LogP contribution in [0.5, 0.6) is 0 Å². The molecule has 0 N–H and O–H groups in total. The highest BCUT2D eigenvalue weighted by molar-refractivity contribution is 14.1. The third-order valence-corrected chi connectivity index (χ3v) is 3.92. The van der Waals surface area contributed by atoms with Gasteiger partial charge in [0.25, 0.3) is 6.43 Å². The highest BCUT2D eigenvalue weighted by Gasteiger charge is 2.18. The highest BCUT2D eigenvalue weighted by Crippen LogP contribution is 2.33. The number of hydrogen-bond acceptors (Lipinski definition) is 1. The molecule has 1 aromatic heterocycles. The molecule has 1 rings (SSSR count). The zero-order valence-corrected chi connectivity index (χ0v) is 9.99. The van der Waals surface area contributed by atoms with E-state index in [1.165, 1.54) is 6.20 Å². The fourth-order valence-corrected chi connectivity index (χ4v) is 2.02. The smallest absolute Gasteiger partial charge is 0.247 e. The Bertz CT molecular complexity index is 308. The summed E-state index contributed by atoms with van der Waals surface area (Å²) in [5, 5.41) is -0.00222. The molecule has 0 radical (unpaired) electrons. The molecule has 0 aliphatic heterocycles. The summed E-state index contributed by atoms with van der Waals surface area (Å²) in [6, 6.07) is 0. The second-order valence-electron chi connectivity index (χ2n) is 1.93. The molecule has 1 aromatic rings. The maximum Gasteiger partial charge on any atom is 0.266 e. The van der Waals surface area contributed by atoms with Gasteiger partial charge in [-0.15, -0.1) is 0 Å². The van der Waals surface area contributed by atoms with E-state index >= 15 is 0 Å². The second-order valence-corrected chi connectivity index (χ2v) is 4.16. The zero-order chi connectivity index (χ0) is 9.30. The van der Waals surface area contributed by atoms with Gasteiger partial charge in [0.05, 0.1) is 14.2 Å². The predicted molar refractivity (Wildman–Crippen MR) is 54.6 cm³/mol. The van der Waals surface area contributed by atoms with Crippen LogP contribution in [0.15, 0.2) is 10.8 Å². The van der Waals surface area contributed by atoms with Crippen LogP contribution in [-0.4, -0.2) is 4.98 Å². The molecule has 0 aliphatic rings. The molecule has 0 saturated carbocycles. The van der Waals surface area contributed by atoms with E-state index in [1.54, 1.807) is 22.6 Å². The molecule has 0 amide bonds. The molecule has 1 nitrogen and oxygen atoms in total. The van der Waals surface area contributed by atoms with Crippen molar-refractivity contribution in [2.45, 2.75) is 6.43 Å². The fourth-order valence-electron chi connectivity index (χ4n) is 0.656. The lowest BCUT2D eigenvalue weighted by atomic mass is 10.3. The molecule has 0 spiro atoms. The van der Waals surface area contributed by atoms with Gasteiger partial charge >= 0.3 is 0 Å². The van der Waals surface area contributed by atoms with Crippen LogP contribution in [0.2, 0.25) is 5.02 Å². The normalized spacial score (nSPS) is 10.8. The van der Waals surface area contributed by atoms with Crippen molar-refractivity contribution < 1.29 is 8.78 Å². The lowest BCUT2D eigenvalue weighted by Gasteiger charge is -2.05. The van der Waals surface area contributed by atoms with Crippen molar-refractivity contribution >= 4 is 50.1 Å². The number of halogens is 5. The van der Waals surface area contributed by atoms with Crippen LogP contribution in [-0.2, 0) is 0 Å². The minimum atomic E-state index is -2.57. The Balaban J connectivity index is 3.33. The molecule has 6 heteroatoms. The molecular weight excluding hydrogens is 366 g/mol. The summed E-state index contributed by atoms with van der Waals surface area (Å²) in [4.78, 5) is 3.77. The number of hydrogen-bond donors (Lipinski definition) is 0. The molecule has 66 valence electrons. The van der Waals surface area contributed by atoms with E-state index in [2.05, 4.69) is 20.9 Å². The summed E-state index contributed by atoms with van der Waals surface area (Å²) in [5.74, 6) is 0. The number of alkyl halides is 2. The lowest BCUT2D eigenvalue weighted by Crippen LogP contribution is -1.94. The van der Waals surface area contributed by atoms with Gasteiger partial charge in [-0.2, -0.15) is 0 Å². The van der Waals surface area contributed by atoms with Gasteiger partial charge in [0.15, 0.2) is 0 Å². The minimum Gasteiger partial charge on any atom is -0.247 e. The first-order valence-corrected chi connectivity index (χ1v) is 5.06. The number of pyridine rings is 1. The van der Waals surface area contributed by atoms with E-state index in [-0.39, 0.29) is 10.6 Å². The molecule has 0 fully saturated rings. The molecule has 0 aliphatic carbocycles. The lowest BCUT2D eigenvalue weighted by molar-refractivity contribution is 0.150. The van der Waals surface area contributed by atoms with Crippen molar-refractivity contribution in [2.24, 2.45) is 0 Å². The Morgan fingerprint density at radius 1 is 1.58 bits per heavy atom. The molecule has 0 aromatic carbocycles. The van der Waals surface area contributed by atoms with Gasteiger partial charge in [-0.3, -0.25) is 0 Å². The van der Waals surface area contributed by atoms with Gasteiger partial charge in [0.1, 0.15) is 4.60 Å². The Labute approximate surface area is 94.8 Å². The maximum atomic E-state index is 12.3.